The molecule has 138 valence electrons. The highest BCUT2D eigenvalue weighted by molar-refractivity contribution is 5.90. The quantitative estimate of drug-likeness (QED) is 0.829. The van der Waals surface area contributed by atoms with E-state index in [0.717, 1.165) is 12.2 Å². The molecule has 2 aliphatic carbocycles. The number of ketones is 1. The van der Waals surface area contributed by atoms with Crippen LogP contribution in [0.2, 0.25) is 0 Å². The van der Waals surface area contributed by atoms with Crippen molar-refractivity contribution in [1.82, 2.24) is 19.1 Å². The normalized spacial score (nSPS) is 24.7. The maximum Gasteiger partial charge on any atom is 0.332 e. The Hall–Kier alpha value is -2.44. The fourth-order valence-corrected chi connectivity index (χ4v) is 4.28. The Balaban J connectivity index is 1.83. The number of aromatic nitrogens is 4. The van der Waals surface area contributed by atoms with Crippen LogP contribution in [0.4, 0.5) is 0 Å². The SMILES string of the molecule is CCCn1c(=O)c2[nH]c(C3CC4C=CC(C3)C4=O)nc2n(CCC)c1=O. The van der Waals surface area contributed by atoms with E-state index in [4.69, 9.17) is 0 Å². The molecule has 2 heterocycles. The van der Waals surface area contributed by atoms with Crippen molar-refractivity contribution in [3.8, 4) is 0 Å². The monoisotopic (exact) mass is 356 g/mol. The first-order valence-corrected chi connectivity index (χ1v) is 9.50. The van der Waals surface area contributed by atoms with E-state index < -0.39 is 0 Å². The first-order valence-electron chi connectivity index (χ1n) is 9.50. The lowest BCUT2D eigenvalue weighted by Gasteiger charge is -2.25. The molecule has 7 heteroatoms. The molecule has 1 N–H and O–H groups in total. The number of hydrogen-bond acceptors (Lipinski definition) is 4. The molecule has 2 aromatic heterocycles. The molecule has 0 spiro atoms. The number of nitrogens with one attached hydrogen (secondary N) is 1. The molecule has 4 rings (SSSR count). The number of aromatic amines is 1. The number of nitrogens with zero attached hydrogens (tertiary/aromatic N) is 3. The van der Waals surface area contributed by atoms with Crippen LogP contribution in [0.3, 0.4) is 0 Å². The molecule has 0 saturated heterocycles. The van der Waals surface area contributed by atoms with E-state index in [1.165, 1.54) is 4.57 Å². The lowest BCUT2D eigenvalue weighted by Crippen LogP contribution is -2.40. The van der Waals surface area contributed by atoms with E-state index in [-0.39, 0.29) is 29.0 Å². The molecule has 26 heavy (non-hydrogen) atoms. The zero-order valence-corrected chi connectivity index (χ0v) is 15.2. The highest BCUT2D eigenvalue weighted by Gasteiger charge is 2.39. The summed E-state index contributed by atoms with van der Waals surface area (Å²) in [5.74, 6) is 1.05. The van der Waals surface area contributed by atoms with Crippen LogP contribution >= 0.6 is 0 Å². The maximum absolute atomic E-state index is 12.8. The van der Waals surface area contributed by atoms with Crippen LogP contribution < -0.4 is 11.2 Å². The third-order valence-electron chi connectivity index (χ3n) is 5.54. The van der Waals surface area contributed by atoms with Gasteiger partial charge in [-0.15, -0.1) is 0 Å². The standard InChI is InChI=1S/C19H24N4O3/c1-3-7-22-17-14(18(25)23(8-4-2)19(22)26)20-16(21-17)13-9-11-5-6-12(10-13)15(11)24/h5-6,11-13H,3-4,7-10H2,1-2H3,(H,20,21). The van der Waals surface area contributed by atoms with Crippen molar-refractivity contribution in [3.05, 3.63) is 38.8 Å². The van der Waals surface area contributed by atoms with Crippen molar-refractivity contribution >= 4 is 16.9 Å². The maximum atomic E-state index is 12.8. The van der Waals surface area contributed by atoms with E-state index in [1.807, 2.05) is 26.0 Å². The van der Waals surface area contributed by atoms with Crippen molar-refractivity contribution in [2.45, 2.75) is 58.5 Å². The molecule has 2 aliphatic rings. The smallest absolute Gasteiger partial charge is 0.332 e. The second-order valence-corrected chi connectivity index (χ2v) is 7.38. The third-order valence-corrected chi connectivity index (χ3v) is 5.54. The summed E-state index contributed by atoms with van der Waals surface area (Å²) in [7, 11) is 0. The van der Waals surface area contributed by atoms with Gasteiger partial charge in [0.1, 0.15) is 17.1 Å². The van der Waals surface area contributed by atoms with Crippen LogP contribution in [0.15, 0.2) is 21.7 Å². The Bertz CT molecular complexity index is 992. The van der Waals surface area contributed by atoms with Gasteiger partial charge in [0.05, 0.1) is 0 Å². The fourth-order valence-electron chi connectivity index (χ4n) is 4.28. The Morgan fingerprint density at radius 2 is 1.65 bits per heavy atom. The summed E-state index contributed by atoms with van der Waals surface area (Å²) in [6, 6.07) is 0. The second-order valence-electron chi connectivity index (χ2n) is 7.38. The topological polar surface area (TPSA) is 89.8 Å². The van der Waals surface area contributed by atoms with E-state index >= 15 is 0 Å². The highest BCUT2D eigenvalue weighted by Crippen LogP contribution is 2.41. The summed E-state index contributed by atoms with van der Waals surface area (Å²) in [5, 5.41) is 0. The Morgan fingerprint density at radius 1 is 1.04 bits per heavy atom. The zero-order chi connectivity index (χ0) is 18.4. The van der Waals surface area contributed by atoms with Gasteiger partial charge in [-0.2, -0.15) is 0 Å². The Labute approximate surface area is 150 Å². The van der Waals surface area contributed by atoms with Crippen molar-refractivity contribution < 1.29 is 4.79 Å². The number of allylic oxidation sites excluding steroid dienone is 2. The number of imidazole rings is 1. The molecule has 1 fully saturated rings. The Morgan fingerprint density at radius 3 is 2.27 bits per heavy atom. The molecule has 1 saturated carbocycles. The third kappa shape index (κ3) is 2.48. The summed E-state index contributed by atoms with van der Waals surface area (Å²) >= 11 is 0. The van der Waals surface area contributed by atoms with Crippen molar-refractivity contribution in [2.75, 3.05) is 0 Å². The van der Waals surface area contributed by atoms with E-state index in [9.17, 15) is 14.4 Å². The van der Waals surface area contributed by atoms with Crippen molar-refractivity contribution in [3.63, 3.8) is 0 Å². The molecular weight excluding hydrogens is 332 g/mol. The molecule has 2 aromatic rings. The lowest BCUT2D eigenvalue weighted by molar-refractivity contribution is -0.125. The van der Waals surface area contributed by atoms with Crippen LogP contribution in [-0.4, -0.2) is 24.9 Å². The number of hydrogen-bond donors (Lipinski definition) is 1. The summed E-state index contributed by atoms with van der Waals surface area (Å²) < 4.78 is 2.91. The number of H-pyrrole nitrogens is 1. The van der Waals surface area contributed by atoms with Crippen LogP contribution in [0.25, 0.3) is 11.2 Å². The first-order chi connectivity index (χ1) is 12.5. The average molecular weight is 356 g/mol. The largest absolute Gasteiger partial charge is 0.336 e. The van der Waals surface area contributed by atoms with Gasteiger partial charge >= 0.3 is 5.69 Å². The molecule has 2 unspecified atom stereocenters. The minimum atomic E-state index is -0.300. The minimum Gasteiger partial charge on any atom is -0.336 e. The predicted molar refractivity (Wildman–Crippen MR) is 98.3 cm³/mol. The van der Waals surface area contributed by atoms with E-state index in [2.05, 4.69) is 9.97 Å². The predicted octanol–water partition coefficient (Wildman–Crippen LogP) is 1.96. The van der Waals surface area contributed by atoms with Gasteiger partial charge in [0, 0.05) is 30.8 Å². The second kappa shape index (κ2) is 6.37. The number of aryl methyl sites for hydroxylation is 1. The zero-order valence-electron chi connectivity index (χ0n) is 15.2. The molecule has 0 aliphatic heterocycles. The van der Waals surface area contributed by atoms with Crippen LogP contribution in [0.1, 0.15) is 51.3 Å². The number of Topliss-reactive ketones (excluding diaryl/α,β-unsaturated/α-hetero) is 1. The molecule has 2 bridgehead atoms. The van der Waals surface area contributed by atoms with Gasteiger partial charge in [-0.05, 0) is 25.7 Å². The lowest BCUT2D eigenvalue weighted by atomic mass is 9.79. The van der Waals surface area contributed by atoms with Gasteiger partial charge in [-0.3, -0.25) is 18.7 Å². The summed E-state index contributed by atoms with van der Waals surface area (Å²) in [4.78, 5) is 45.5. The Kier molecular flexibility index (Phi) is 4.17. The molecule has 0 amide bonds. The summed E-state index contributed by atoms with van der Waals surface area (Å²) in [6.45, 7) is 4.87. The van der Waals surface area contributed by atoms with Gasteiger partial charge in [0.15, 0.2) is 5.65 Å². The number of carbonyl (C=O) groups excluding carboxylic acids is 1. The molecular formula is C19H24N4O3. The van der Waals surface area contributed by atoms with Crippen LogP contribution in [0, 0.1) is 11.8 Å². The number of carbonyl (C=O) groups is 1. The van der Waals surface area contributed by atoms with Gasteiger partial charge in [0.25, 0.3) is 5.56 Å². The molecule has 0 aromatic carbocycles. The van der Waals surface area contributed by atoms with Crippen LogP contribution in [0.5, 0.6) is 0 Å². The van der Waals surface area contributed by atoms with E-state index in [1.54, 1.807) is 4.57 Å². The van der Waals surface area contributed by atoms with Crippen molar-refractivity contribution in [2.24, 2.45) is 11.8 Å². The average Bonchev–Trinajstić information content (AvgIpc) is 3.13. The van der Waals surface area contributed by atoms with Gasteiger partial charge in [-0.1, -0.05) is 26.0 Å². The van der Waals surface area contributed by atoms with Gasteiger partial charge in [0.2, 0.25) is 0 Å². The van der Waals surface area contributed by atoms with E-state index in [0.29, 0.717) is 49.3 Å². The minimum absolute atomic E-state index is 0.0402. The first kappa shape index (κ1) is 17.0. The van der Waals surface area contributed by atoms with Gasteiger partial charge < -0.3 is 4.98 Å². The molecule has 2 atom stereocenters. The summed E-state index contributed by atoms with van der Waals surface area (Å²) in [6.07, 6.45) is 6.93. The summed E-state index contributed by atoms with van der Waals surface area (Å²) in [5.41, 5.74) is 0.260. The van der Waals surface area contributed by atoms with Gasteiger partial charge in [-0.25, -0.2) is 9.78 Å². The molecule has 0 radical (unpaired) electrons. The highest BCUT2D eigenvalue weighted by atomic mass is 16.2. The number of fused-ring (bicyclic) bond motifs is 3. The fraction of sp³-hybridized carbons (Fsp3) is 0.579. The van der Waals surface area contributed by atoms with Crippen LogP contribution in [-0.2, 0) is 17.9 Å². The molecule has 7 nitrogen and oxygen atoms in total. The van der Waals surface area contributed by atoms with Crippen molar-refractivity contribution in [1.29, 1.82) is 0 Å². The number of rotatable bonds is 5.